The highest BCUT2D eigenvalue weighted by atomic mass is 35.5. The van der Waals surface area contributed by atoms with Gasteiger partial charge < -0.3 is 10.5 Å². The van der Waals surface area contributed by atoms with Gasteiger partial charge in [-0.1, -0.05) is 29.9 Å². The minimum absolute atomic E-state index is 0.00141. The SMILES string of the molecule is NC(=S)c1ccc(Cl)c(S(=O)(=O)NCC2CCOCC2)c1. The second-order valence-electron chi connectivity index (χ2n) is 4.92. The molecule has 0 bridgehead atoms. The zero-order chi connectivity index (χ0) is 15.5. The fourth-order valence-electron chi connectivity index (χ4n) is 2.12. The first-order chi connectivity index (χ1) is 9.90. The predicted octanol–water partition coefficient (Wildman–Crippen LogP) is 1.68. The lowest BCUT2D eigenvalue weighted by Gasteiger charge is -2.22. The Labute approximate surface area is 134 Å². The lowest BCUT2D eigenvalue weighted by Crippen LogP contribution is -2.32. The topological polar surface area (TPSA) is 81.4 Å². The third-order valence-electron chi connectivity index (χ3n) is 3.41. The van der Waals surface area contributed by atoms with Crippen molar-refractivity contribution in [1.29, 1.82) is 0 Å². The van der Waals surface area contributed by atoms with Crippen LogP contribution < -0.4 is 10.5 Å². The smallest absolute Gasteiger partial charge is 0.242 e. The van der Waals surface area contributed by atoms with Crippen LogP contribution in [0.15, 0.2) is 23.1 Å². The standard InChI is InChI=1S/C13H17ClN2O3S2/c14-11-2-1-10(13(15)20)7-12(11)21(17,18)16-8-9-3-5-19-6-4-9/h1-2,7,9,16H,3-6,8H2,(H2,15,20). The van der Waals surface area contributed by atoms with E-state index in [2.05, 4.69) is 4.72 Å². The molecule has 0 spiro atoms. The Balaban J connectivity index is 2.14. The second-order valence-corrected chi connectivity index (χ2v) is 7.50. The van der Waals surface area contributed by atoms with Gasteiger partial charge in [0.1, 0.15) is 9.88 Å². The van der Waals surface area contributed by atoms with Crippen LogP contribution in [0.4, 0.5) is 0 Å². The lowest BCUT2D eigenvalue weighted by molar-refractivity contribution is 0.0678. The Bertz CT molecular complexity index is 628. The molecule has 1 saturated heterocycles. The number of halogens is 1. The summed E-state index contributed by atoms with van der Waals surface area (Å²) in [6.07, 6.45) is 1.70. The van der Waals surface area contributed by atoms with E-state index < -0.39 is 10.0 Å². The van der Waals surface area contributed by atoms with Crippen LogP contribution in [0.2, 0.25) is 5.02 Å². The highest BCUT2D eigenvalue weighted by molar-refractivity contribution is 7.89. The summed E-state index contributed by atoms with van der Waals surface area (Å²) in [5.41, 5.74) is 6.00. The fraction of sp³-hybridized carbons (Fsp3) is 0.462. The molecule has 0 aromatic heterocycles. The van der Waals surface area contributed by atoms with E-state index in [0.29, 0.717) is 25.3 Å². The summed E-state index contributed by atoms with van der Waals surface area (Å²) in [7, 11) is -3.68. The van der Waals surface area contributed by atoms with Gasteiger partial charge in [-0.15, -0.1) is 0 Å². The molecule has 116 valence electrons. The van der Waals surface area contributed by atoms with Crippen LogP contribution in [0, 0.1) is 5.92 Å². The van der Waals surface area contributed by atoms with Crippen molar-refractivity contribution in [3.8, 4) is 0 Å². The van der Waals surface area contributed by atoms with Crippen molar-refractivity contribution in [3.63, 3.8) is 0 Å². The van der Waals surface area contributed by atoms with Crippen LogP contribution in [0.5, 0.6) is 0 Å². The third-order valence-corrected chi connectivity index (χ3v) is 5.55. The molecule has 1 aliphatic rings. The molecule has 21 heavy (non-hydrogen) atoms. The van der Waals surface area contributed by atoms with Gasteiger partial charge in [0.25, 0.3) is 0 Å². The maximum atomic E-state index is 12.4. The molecule has 1 aromatic carbocycles. The summed E-state index contributed by atoms with van der Waals surface area (Å²) in [6, 6.07) is 4.48. The summed E-state index contributed by atoms with van der Waals surface area (Å²) in [6.45, 7) is 1.72. The highest BCUT2D eigenvalue weighted by Gasteiger charge is 2.21. The molecule has 0 atom stereocenters. The lowest BCUT2D eigenvalue weighted by atomic mass is 10.0. The second kappa shape index (κ2) is 7.02. The van der Waals surface area contributed by atoms with Crippen molar-refractivity contribution in [2.45, 2.75) is 17.7 Å². The van der Waals surface area contributed by atoms with E-state index in [1.165, 1.54) is 12.1 Å². The van der Waals surface area contributed by atoms with E-state index in [1.807, 2.05) is 0 Å². The van der Waals surface area contributed by atoms with Gasteiger partial charge in [0.2, 0.25) is 10.0 Å². The quantitative estimate of drug-likeness (QED) is 0.791. The Hall–Kier alpha value is -0.730. The maximum Gasteiger partial charge on any atom is 0.242 e. The molecule has 0 unspecified atom stereocenters. The van der Waals surface area contributed by atoms with Gasteiger partial charge in [-0.2, -0.15) is 0 Å². The summed E-state index contributed by atoms with van der Waals surface area (Å²) in [5, 5.41) is 0.148. The normalized spacial score (nSPS) is 16.8. The van der Waals surface area contributed by atoms with Crippen molar-refractivity contribution >= 4 is 38.8 Å². The van der Waals surface area contributed by atoms with Crippen LogP contribution in [-0.4, -0.2) is 33.2 Å². The molecule has 5 nitrogen and oxygen atoms in total. The van der Waals surface area contributed by atoms with E-state index >= 15 is 0 Å². The van der Waals surface area contributed by atoms with Crippen LogP contribution in [0.3, 0.4) is 0 Å². The Morgan fingerprint density at radius 3 is 2.71 bits per heavy atom. The molecule has 0 aliphatic carbocycles. The first kappa shape index (κ1) is 16.6. The Morgan fingerprint density at radius 1 is 1.43 bits per heavy atom. The molecule has 2 rings (SSSR count). The van der Waals surface area contributed by atoms with Gasteiger partial charge in [-0.05, 0) is 30.9 Å². The van der Waals surface area contributed by atoms with Gasteiger partial charge in [-0.3, -0.25) is 0 Å². The van der Waals surface area contributed by atoms with Crippen LogP contribution >= 0.6 is 23.8 Å². The van der Waals surface area contributed by atoms with Gasteiger partial charge >= 0.3 is 0 Å². The van der Waals surface area contributed by atoms with E-state index in [1.54, 1.807) is 6.07 Å². The van der Waals surface area contributed by atoms with Crippen LogP contribution in [0.1, 0.15) is 18.4 Å². The number of hydrogen-bond acceptors (Lipinski definition) is 4. The summed E-state index contributed by atoms with van der Waals surface area (Å²) < 4.78 is 32.6. The molecule has 3 N–H and O–H groups in total. The molecule has 0 saturated carbocycles. The highest BCUT2D eigenvalue weighted by Crippen LogP contribution is 2.23. The van der Waals surface area contributed by atoms with Crippen molar-refractivity contribution in [3.05, 3.63) is 28.8 Å². The van der Waals surface area contributed by atoms with Crippen LogP contribution in [-0.2, 0) is 14.8 Å². The minimum Gasteiger partial charge on any atom is -0.389 e. The summed E-state index contributed by atoms with van der Waals surface area (Å²) in [5.74, 6) is 0.283. The van der Waals surface area contributed by atoms with Crippen molar-refractivity contribution < 1.29 is 13.2 Å². The predicted molar refractivity (Wildman–Crippen MR) is 86.1 cm³/mol. The molecule has 1 aromatic rings. The van der Waals surface area contributed by atoms with E-state index in [-0.39, 0.29) is 20.8 Å². The number of hydrogen-bond donors (Lipinski definition) is 2. The van der Waals surface area contributed by atoms with Gasteiger partial charge in [0.15, 0.2) is 0 Å². The molecule has 0 amide bonds. The van der Waals surface area contributed by atoms with Crippen molar-refractivity contribution in [1.82, 2.24) is 4.72 Å². The molecule has 0 radical (unpaired) electrons. The first-order valence-electron chi connectivity index (χ1n) is 6.57. The molecule has 1 heterocycles. The largest absolute Gasteiger partial charge is 0.389 e. The molecule has 8 heteroatoms. The van der Waals surface area contributed by atoms with E-state index in [4.69, 9.17) is 34.3 Å². The van der Waals surface area contributed by atoms with E-state index in [9.17, 15) is 8.42 Å². The Kier molecular flexibility index (Phi) is 5.56. The number of benzene rings is 1. The number of nitrogens with one attached hydrogen (secondary N) is 1. The number of sulfonamides is 1. The number of thiocarbonyl (C=S) groups is 1. The molecular weight excluding hydrogens is 332 g/mol. The fourth-order valence-corrected chi connectivity index (χ4v) is 3.89. The van der Waals surface area contributed by atoms with Gasteiger partial charge in [0.05, 0.1) is 5.02 Å². The van der Waals surface area contributed by atoms with Crippen molar-refractivity contribution in [2.75, 3.05) is 19.8 Å². The summed E-state index contributed by atoms with van der Waals surface area (Å²) >= 11 is 10.8. The molecule has 1 fully saturated rings. The minimum atomic E-state index is -3.68. The van der Waals surface area contributed by atoms with Gasteiger partial charge in [0, 0.05) is 25.3 Å². The first-order valence-corrected chi connectivity index (χ1v) is 8.84. The Morgan fingerprint density at radius 2 is 2.10 bits per heavy atom. The zero-order valence-corrected chi connectivity index (χ0v) is 13.7. The summed E-state index contributed by atoms with van der Waals surface area (Å²) in [4.78, 5) is 0.133. The van der Waals surface area contributed by atoms with Crippen LogP contribution in [0.25, 0.3) is 0 Å². The third kappa shape index (κ3) is 4.37. The average Bonchev–Trinajstić information content (AvgIpc) is 2.46. The number of rotatable bonds is 5. The zero-order valence-electron chi connectivity index (χ0n) is 11.3. The average molecular weight is 349 g/mol. The van der Waals surface area contributed by atoms with Crippen molar-refractivity contribution in [2.24, 2.45) is 11.7 Å². The van der Waals surface area contributed by atoms with E-state index in [0.717, 1.165) is 12.8 Å². The maximum absolute atomic E-state index is 12.4. The number of nitrogens with two attached hydrogens (primary N) is 1. The molecule has 1 aliphatic heterocycles. The monoisotopic (exact) mass is 348 g/mol. The number of ether oxygens (including phenoxy) is 1. The van der Waals surface area contributed by atoms with Gasteiger partial charge in [-0.25, -0.2) is 13.1 Å². The molecular formula is C13H17ClN2O3S2.